The van der Waals surface area contributed by atoms with Crippen LogP contribution in [0.1, 0.15) is 46.0 Å². The Kier molecular flexibility index (Phi) is 3.13. The third-order valence-corrected chi connectivity index (χ3v) is 5.56. The van der Waals surface area contributed by atoms with Crippen LogP contribution in [0.5, 0.6) is 0 Å². The molecule has 0 saturated heterocycles. The maximum absolute atomic E-state index is 12.1. The second-order valence-corrected chi connectivity index (χ2v) is 7.23. The fraction of sp³-hybridized carbons (Fsp3) is 0.933. The molecule has 0 aromatic heterocycles. The van der Waals surface area contributed by atoms with Crippen molar-refractivity contribution in [3.63, 3.8) is 0 Å². The van der Waals surface area contributed by atoms with Gasteiger partial charge in [-0.15, -0.1) is 0 Å². The topological polar surface area (TPSA) is 55.1 Å². The summed E-state index contributed by atoms with van der Waals surface area (Å²) in [4.78, 5) is 12.1. The van der Waals surface area contributed by atoms with Crippen molar-refractivity contribution < 1.29 is 4.79 Å². The third kappa shape index (κ3) is 2.07. The van der Waals surface area contributed by atoms with Crippen LogP contribution in [0, 0.1) is 29.6 Å². The zero-order valence-corrected chi connectivity index (χ0v) is 11.6. The van der Waals surface area contributed by atoms with E-state index in [1.165, 1.54) is 32.1 Å². The summed E-state index contributed by atoms with van der Waals surface area (Å²) in [6, 6.07) is 0.0808. The fourth-order valence-corrected chi connectivity index (χ4v) is 4.72. The van der Waals surface area contributed by atoms with E-state index >= 15 is 0 Å². The lowest BCUT2D eigenvalue weighted by molar-refractivity contribution is -0.127. The summed E-state index contributed by atoms with van der Waals surface area (Å²) in [7, 11) is 0. The molecule has 4 rings (SSSR count). The second kappa shape index (κ2) is 4.52. The first-order valence-electron chi connectivity index (χ1n) is 7.60. The Labute approximate surface area is 110 Å². The molecule has 0 aliphatic heterocycles. The van der Waals surface area contributed by atoms with E-state index in [-0.39, 0.29) is 17.9 Å². The lowest BCUT2D eigenvalue weighted by Gasteiger charge is -2.54. The molecule has 4 aliphatic carbocycles. The number of carbonyl (C=O) groups excluding carboxylic acids is 1. The Bertz CT molecular complexity index is 311. The van der Waals surface area contributed by atoms with Crippen molar-refractivity contribution in [1.82, 2.24) is 5.32 Å². The first-order valence-corrected chi connectivity index (χ1v) is 7.60. The van der Waals surface area contributed by atoms with Crippen molar-refractivity contribution in [2.45, 2.75) is 58.0 Å². The van der Waals surface area contributed by atoms with E-state index in [0.29, 0.717) is 6.04 Å². The largest absolute Gasteiger partial charge is 0.351 e. The maximum Gasteiger partial charge on any atom is 0.237 e. The summed E-state index contributed by atoms with van der Waals surface area (Å²) in [6.45, 7) is 4.03. The highest BCUT2D eigenvalue weighted by Crippen LogP contribution is 2.53. The van der Waals surface area contributed by atoms with Gasteiger partial charge in [-0.2, -0.15) is 0 Å². The molecule has 18 heavy (non-hydrogen) atoms. The van der Waals surface area contributed by atoms with Crippen molar-refractivity contribution >= 4 is 5.91 Å². The average Bonchev–Trinajstić information content (AvgIpc) is 2.31. The maximum atomic E-state index is 12.1. The molecule has 4 saturated carbocycles. The molecular formula is C15H26N2O. The van der Waals surface area contributed by atoms with Crippen LogP contribution in [0.15, 0.2) is 0 Å². The normalized spacial score (nSPS) is 43.2. The Morgan fingerprint density at radius 1 is 1.06 bits per heavy atom. The van der Waals surface area contributed by atoms with Gasteiger partial charge in [-0.3, -0.25) is 4.79 Å². The molecule has 1 atom stereocenters. The number of carbonyl (C=O) groups is 1. The van der Waals surface area contributed by atoms with Crippen molar-refractivity contribution in [1.29, 1.82) is 0 Å². The summed E-state index contributed by atoms with van der Waals surface area (Å²) in [5, 5.41) is 3.28. The molecule has 102 valence electrons. The van der Waals surface area contributed by atoms with Gasteiger partial charge in [0.1, 0.15) is 0 Å². The van der Waals surface area contributed by atoms with Crippen LogP contribution < -0.4 is 11.1 Å². The first-order chi connectivity index (χ1) is 8.54. The smallest absolute Gasteiger partial charge is 0.237 e. The first kappa shape index (κ1) is 12.5. The van der Waals surface area contributed by atoms with Crippen molar-refractivity contribution in [3.05, 3.63) is 0 Å². The van der Waals surface area contributed by atoms with Gasteiger partial charge in [0.2, 0.25) is 5.91 Å². The fourth-order valence-electron chi connectivity index (χ4n) is 4.72. The molecule has 0 spiro atoms. The molecule has 3 N–H and O–H groups in total. The van der Waals surface area contributed by atoms with E-state index in [2.05, 4.69) is 5.32 Å². The van der Waals surface area contributed by atoms with Crippen LogP contribution in [0.2, 0.25) is 0 Å². The van der Waals surface area contributed by atoms with Gasteiger partial charge in [-0.05, 0) is 61.7 Å². The standard InChI is InChI=1S/C15H26N2O/c1-8(2)13(16)15(18)17-14-11-4-9-3-10(6-11)7-12(14)5-9/h8-14H,3-7,16H2,1-2H3,(H,17,18). The van der Waals surface area contributed by atoms with Gasteiger partial charge in [0, 0.05) is 6.04 Å². The van der Waals surface area contributed by atoms with Crippen LogP contribution >= 0.6 is 0 Å². The number of nitrogens with one attached hydrogen (secondary N) is 1. The summed E-state index contributed by atoms with van der Waals surface area (Å²) >= 11 is 0. The monoisotopic (exact) mass is 250 g/mol. The van der Waals surface area contributed by atoms with Gasteiger partial charge >= 0.3 is 0 Å². The molecule has 3 heteroatoms. The predicted octanol–water partition coefficient (Wildman–Crippen LogP) is 1.91. The van der Waals surface area contributed by atoms with E-state index in [9.17, 15) is 4.79 Å². The molecule has 4 bridgehead atoms. The van der Waals surface area contributed by atoms with E-state index in [0.717, 1.165) is 23.7 Å². The summed E-state index contributed by atoms with van der Waals surface area (Å²) in [6.07, 6.45) is 6.83. The van der Waals surface area contributed by atoms with Gasteiger partial charge in [-0.25, -0.2) is 0 Å². The zero-order chi connectivity index (χ0) is 12.9. The van der Waals surface area contributed by atoms with Gasteiger partial charge < -0.3 is 11.1 Å². The summed E-state index contributed by atoms with van der Waals surface area (Å²) in [5.41, 5.74) is 5.95. The minimum absolute atomic E-state index is 0.0717. The number of nitrogens with two attached hydrogens (primary N) is 1. The number of hydrogen-bond donors (Lipinski definition) is 2. The molecule has 0 aromatic carbocycles. The number of amides is 1. The van der Waals surface area contributed by atoms with Crippen LogP contribution in [-0.4, -0.2) is 18.0 Å². The van der Waals surface area contributed by atoms with Crippen molar-refractivity contribution in [2.24, 2.45) is 35.3 Å². The zero-order valence-electron chi connectivity index (χ0n) is 11.6. The van der Waals surface area contributed by atoms with Crippen molar-refractivity contribution in [2.75, 3.05) is 0 Å². The predicted molar refractivity (Wildman–Crippen MR) is 71.8 cm³/mol. The molecule has 4 aliphatic rings. The van der Waals surface area contributed by atoms with Gasteiger partial charge in [0.05, 0.1) is 6.04 Å². The molecule has 4 fully saturated rings. The quantitative estimate of drug-likeness (QED) is 0.804. The van der Waals surface area contributed by atoms with Crippen LogP contribution in [0.4, 0.5) is 0 Å². The minimum atomic E-state index is -0.345. The molecule has 1 unspecified atom stereocenters. The van der Waals surface area contributed by atoms with Crippen LogP contribution in [-0.2, 0) is 4.79 Å². The highest BCUT2D eigenvalue weighted by atomic mass is 16.2. The molecule has 0 heterocycles. The molecular weight excluding hydrogens is 224 g/mol. The Hall–Kier alpha value is -0.570. The minimum Gasteiger partial charge on any atom is -0.351 e. The lowest BCUT2D eigenvalue weighted by Crippen LogP contribution is -2.58. The number of hydrogen-bond acceptors (Lipinski definition) is 2. The van der Waals surface area contributed by atoms with Crippen LogP contribution in [0.3, 0.4) is 0 Å². The molecule has 0 aromatic rings. The molecule has 1 amide bonds. The molecule has 3 nitrogen and oxygen atoms in total. The van der Waals surface area contributed by atoms with Gasteiger partial charge in [0.25, 0.3) is 0 Å². The Morgan fingerprint density at radius 3 is 2.00 bits per heavy atom. The SMILES string of the molecule is CC(C)C(N)C(=O)NC1C2CC3CC(C2)CC1C3. The average molecular weight is 250 g/mol. The third-order valence-electron chi connectivity index (χ3n) is 5.56. The Balaban J connectivity index is 1.65. The van der Waals surface area contributed by atoms with E-state index < -0.39 is 0 Å². The second-order valence-electron chi connectivity index (χ2n) is 7.23. The van der Waals surface area contributed by atoms with E-state index in [1.807, 2.05) is 13.8 Å². The summed E-state index contributed by atoms with van der Waals surface area (Å²) in [5.74, 6) is 3.69. The highest BCUT2D eigenvalue weighted by Gasteiger charge is 2.48. The lowest BCUT2D eigenvalue weighted by atomic mass is 9.54. The van der Waals surface area contributed by atoms with Crippen molar-refractivity contribution in [3.8, 4) is 0 Å². The van der Waals surface area contributed by atoms with Gasteiger partial charge in [-0.1, -0.05) is 13.8 Å². The summed E-state index contributed by atoms with van der Waals surface area (Å²) < 4.78 is 0. The van der Waals surface area contributed by atoms with E-state index in [4.69, 9.17) is 5.73 Å². The van der Waals surface area contributed by atoms with Crippen LogP contribution in [0.25, 0.3) is 0 Å². The molecule has 0 radical (unpaired) electrons. The van der Waals surface area contributed by atoms with E-state index in [1.54, 1.807) is 0 Å². The van der Waals surface area contributed by atoms with Gasteiger partial charge in [0.15, 0.2) is 0 Å². The Morgan fingerprint density at radius 2 is 1.56 bits per heavy atom. The number of rotatable bonds is 3. The highest BCUT2D eigenvalue weighted by molar-refractivity contribution is 5.82.